The van der Waals surface area contributed by atoms with E-state index in [1.807, 2.05) is 0 Å². The largest absolute Gasteiger partial charge is 0.377 e. The zero-order chi connectivity index (χ0) is 13.0. The van der Waals surface area contributed by atoms with Gasteiger partial charge in [0.2, 0.25) is 10.0 Å². The van der Waals surface area contributed by atoms with Gasteiger partial charge in [-0.25, -0.2) is 13.1 Å². The molecule has 18 heavy (non-hydrogen) atoms. The van der Waals surface area contributed by atoms with Crippen LogP contribution in [0.1, 0.15) is 19.3 Å². The fourth-order valence-electron chi connectivity index (χ4n) is 1.87. The summed E-state index contributed by atoms with van der Waals surface area (Å²) in [4.78, 5) is 0.279. The summed E-state index contributed by atoms with van der Waals surface area (Å²) in [6.07, 6.45) is 3.09. The van der Waals surface area contributed by atoms with Crippen molar-refractivity contribution in [2.24, 2.45) is 0 Å². The van der Waals surface area contributed by atoms with Gasteiger partial charge in [0.15, 0.2) is 0 Å². The lowest BCUT2D eigenvalue weighted by Gasteiger charge is -2.22. The van der Waals surface area contributed by atoms with Gasteiger partial charge in [0.25, 0.3) is 0 Å². The van der Waals surface area contributed by atoms with E-state index in [0.717, 1.165) is 30.3 Å². The van der Waals surface area contributed by atoms with Crippen LogP contribution in [0.25, 0.3) is 0 Å². The van der Waals surface area contributed by atoms with E-state index in [4.69, 9.17) is 4.74 Å². The predicted molar refractivity (Wildman–Crippen MR) is 72.9 cm³/mol. The van der Waals surface area contributed by atoms with Gasteiger partial charge in [0.05, 0.1) is 11.0 Å². The molecule has 1 saturated heterocycles. The van der Waals surface area contributed by atoms with Crippen LogP contribution in [-0.4, -0.2) is 27.7 Å². The maximum Gasteiger partial charge on any atom is 0.240 e. The van der Waals surface area contributed by atoms with Crippen molar-refractivity contribution in [3.63, 3.8) is 0 Å². The van der Waals surface area contributed by atoms with Gasteiger partial charge in [-0.2, -0.15) is 0 Å². The van der Waals surface area contributed by atoms with Crippen molar-refractivity contribution in [3.8, 4) is 0 Å². The first kappa shape index (κ1) is 14.0. The molecule has 1 aliphatic heterocycles. The second kappa shape index (κ2) is 6.14. The van der Waals surface area contributed by atoms with Gasteiger partial charge < -0.3 is 4.74 Å². The molecule has 0 aromatic heterocycles. The molecular weight excluding hydrogens is 318 g/mol. The Hall–Kier alpha value is -0.430. The van der Waals surface area contributed by atoms with Crippen LogP contribution in [0, 0.1) is 0 Å². The quantitative estimate of drug-likeness (QED) is 0.919. The summed E-state index contributed by atoms with van der Waals surface area (Å²) in [7, 11) is -3.43. The van der Waals surface area contributed by atoms with Crippen molar-refractivity contribution in [2.45, 2.75) is 30.3 Å². The van der Waals surface area contributed by atoms with Crippen LogP contribution < -0.4 is 4.72 Å². The summed E-state index contributed by atoms with van der Waals surface area (Å²) >= 11 is 3.28. The van der Waals surface area contributed by atoms with E-state index in [1.54, 1.807) is 24.3 Å². The standard InChI is InChI=1S/C12H16BrNO3S/c13-10-4-6-12(7-5-10)18(15,16)14-9-11-3-1-2-8-17-11/h4-7,11,14H,1-3,8-9H2. The lowest BCUT2D eigenvalue weighted by atomic mass is 10.1. The van der Waals surface area contributed by atoms with Crippen LogP contribution in [0.15, 0.2) is 33.6 Å². The average Bonchev–Trinajstić information content (AvgIpc) is 2.38. The molecule has 1 heterocycles. The Kier molecular flexibility index (Phi) is 4.77. The van der Waals surface area contributed by atoms with Gasteiger partial charge in [0, 0.05) is 17.6 Å². The highest BCUT2D eigenvalue weighted by Crippen LogP contribution is 2.16. The van der Waals surface area contributed by atoms with Gasteiger partial charge in [-0.05, 0) is 43.5 Å². The topological polar surface area (TPSA) is 55.4 Å². The molecule has 1 aromatic rings. The summed E-state index contributed by atoms with van der Waals surface area (Å²) in [5.41, 5.74) is 0. The molecule has 0 bridgehead atoms. The van der Waals surface area contributed by atoms with Gasteiger partial charge in [0.1, 0.15) is 0 Å². The van der Waals surface area contributed by atoms with Gasteiger partial charge in [-0.15, -0.1) is 0 Å². The number of rotatable bonds is 4. The zero-order valence-electron chi connectivity index (χ0n) is 9.93. The fraction of sp³-hybridized carbons (Fsp3) is 0.500. The van der Waals surface area contributed by atoms with Crippen LogP contribution in [0.4, 0.5) is 0 Å². The third-order valence-corrected chi connectivity index (χ3v) is 4.87. The van der Waals surface area contributed by atoms with E-state index in [2.05, 4.69) is 20.7 Å². The van der Waals surface area contributed by atoms with Crippen molar-refractivity contribution in [1.82, 2.24) is 4.72 Å². The highest BCUT2D eigenvalue weighted by Gasteiger charge is 2.18. The van der Waals surface area contributed by atoms with E-state index in [9.17, 15) is 8.42 Å². The lowest BCUT2D eigenvalue weighted by molar-refractivity contribution is 0.0200. The Morgan fingerprint density at radius 2 is 2.00 bits per heavy atom. The smallest absolute Gasteiger partial charge is 0.240 e. The van der Waals surface area contributed by atoms with E-state index in [-0.39, 0.29) is 11.0 Å². The minimum Gasteiger partial charge on any atom is -0.377 e. The van der Waals surface area contributed by atoms with Gasteiger partial charge in [-0.1, -0.05) is 15.9 Å². The molecule has 0 aliphatic carbocycles. The first-order valence-electron chi connectivity index (χ1n) is 5.95. The molecule has 0 radical (unpaired) electrons. The van der Waals surface area contributed by atoms with Crippen molar-refractivity contribution < 1.29 is 13.2 Å². The van der Waals surface area contributed by atoms with Crippen molar-refractivity contribution in [2.75, 3.05) is 13.2 Å². The van der Waals surface area contributed by atoms with E-state index >= 15 is 0 Å². The van der Waals surface area contributed by atoms with Crippen LogP contribution in [0.5, 0.6) is 0 Å². The molecule has 100 valence electrons. The lowest BCUT2D eigenvalue weighted by Crippen LogP contribution is -2.35. The molecule has 6 heteroatoms. The first-order chi connectivity index (χ1) is 8.58. The summed E-state index contributed by atoms with van der Waals surface area (Å²) < 4.78 is 33.0. The maximum absolute atomic E-state index is 12.0. The predicted octanol–water partition coefficient (Wildman–Crippen LogP) is 2.30. The minimum absolute atomic E-state index is 0.00368. The number of hydrogen-bond donors (Lipinski definition) is 1. The fourth-order valence-corrected chi connectivity index (χ4v) is 3.20. The molecule has 0 amide bonds. The number of ether oxygens (including phenoxy) is 1. The molecule has 1 aromatic carbocycles. The van der Waals surface area contributed by atoms with E-state index < -0.39 is 10.0 Å². The Morgan fingerprint density at radius 3 is 2.61 bits per heavy atom. The number of hydrogen-bond acceptors (Lipinski definition) is 3. The van der Waals surface area contributed by atoms with Crippen molar-refractivity contribution >= 4 is 26.0 Å². The first-order valence-corrected chi connectivity index (χ1v) is 8.22. The molecule has 0 saturated carbocycles. The highest BCUT2D eigenvalue weighted by atomic mass is 79.9. The third kappa shape index (κ3) is 3.78. The Morgan fingerprint density at radius 1 is 1.28 bits per heavy atom. The molecule has 1 fully saturated rings. The second-order valence-corrected chi connectivity index (χ2v) is 6.98. The van der Waals surface area contributed by atoms with E-state index in [0.29, 0.717) is 6.54 Å². The van der Waals surface area contributed by atoms with Crippen molar-refractivity contribution in [1.29, 1.82) is 0 Å². The molecule has 1 unspecified atom stereocenters. The summed E-state index contributed by atoms with van der Waals surface area (Å²) in [6, 6.07) is 6.58. The molecule has 4 nitrogen and oxygen atoms in total. The molecule has 1 atom stereocenters. The number of benzene rings is 1. The number of halogens is 1. The summed E-state index contributed by atoms with van der Waals surface area (Å²) in [5, 5.41) is 0. The zero-order valence-corrected chi connectivity index (χ0v) is 12.3. The van der Waals surface area contributed by atoms with Crippen molar-refractivity contribution in [3.05, 3.63) is 28.7 Å². The normalized spacial score (nSPS) is 20.8. The number of nitrogens with one attached hydrogen (secondary N) is 1. The molecule has 0 spiro atoms. The summed E-state index contributed by atoms with van der Waals surface area (Å²) in [6.45, 7) is 1.07. The Bertz CT molecular complexity index is 481. The maximum atomic E-state index is 12.0. The van der Waals surface area contributed by atoms with Crippen LogP contribution in [-0.2, 0) is 14.8 Å². The SMILES string of the molecule is O=S(=O)(NCC1CCCCO1)c1ccc(Br)cc1. The third-order valence-electron chi connectivity index (χ3n) is 2.90. The van der Waals surface area contributed by atoms with E-state index in [1.165, 1.54) is 0 Å². The minimum atomic E-state index is -3.43. The van der Waals surface area contributed by atoms with Crippen LogP contribution in [0.2, 0.25) is 0 Å². The molecule has 2 rings (SSSR count). The van der Waals surface area contributed by atoms with Gasteiger partial charge >= 0.3 is 0 Å². The highest BCUT2D eigenvalue weighted by molar-refractivity contribution is 9.10. The molecular formula is C12H16BrNO3S. The molecule has 1 N–H and O–H groups in total. The summed E-state index contributed by atoms with van der Waals surface area (Å²) in [5.74, 6) is 0. The van der Waals surface area contributed by atoms with Crippen LogP contribution >= 0.6 is 15.9 Å². The van der Waals surface area contributed by atoms with Gasteiger partial charge in [-0.3, -0.25) is 0 Å². The molecule has 1 aliphatic rings. The number of sulfonamides is 1. The van der Waals surface area contributed by atoms with Crippen LogP contribution in [0.3, 0.4) is 0 Å². The average molecular weight is 334 g/mol. The Balaban J connectivity index is 1.96. The Labute approximate surface area is 116 Å². The monoisotopic (exact) mass is 333 g/mol. The second-order valence-electron chi connectivity index (χ2n) is 4.29.